The second-order valence-electron chi connectivity index (χ2n) is 4.41. The molecule has 1 rings (SSSR count). The molecule has 0 aliphatic heterocycles. The Morgan fingerprint density at radius 2 is 2.19 bits per heavy atom. The molecule has 0 aliphatic carbocycles. The van der Waals surface area contributed by atoms with Gasteiger partial charge in [-0.15, -0.1) is 0 Å². The van der Waals surface area contributed by atoms with Crippen LogP contribution < -0.4 is 11.3 Å². The summed E-state index contributed by atoms with van der Waals surface area (Å²) in [7, 11) is 1.95. The van der Waals surface area contributed by atoms with Crippen LogP contribution in [-0.4, -0.2) is 9.78 Å². The van der Waals surface area contributed by atoms with Gasteiger partial charge in [0.05, 0.1) is 5.69 Å². The minimum Gasteiger partial charge on any atom is -0.275 e. The molecule has 0 saturated heterocycles. The van der Waals surface area contributed by atoms with Crippen LogP contribution in [0.2, 0.25) is 0 Å². The van der Waals surface area contributed by atoms with Crippen LogP contribution in [0.3, 0.4) is 0 Å². The zero-order valence-corrected chi connectivity index (χ0v) is 10.7. The lowest BCUT2D eigenvalue weighted by Gasteiger charge is -2.14. The molecule has 1 atom stereocenters. The van der Waals surface area contributed by atoms with E-state index < -0.39 is 0 Å². The first-order valence-electron chi connectivity index (χ1n) is 6.15. The standard InChI is InChI=1S/C12H24N4/c1-4-5-6-7-8-12(14-13)11-9-16(3)15-10(11)2/h9,12,14H,4-8,13H2,1-3H3. The van der Waals surface area contributed by atoms with Crippen LogP contribution in [0.15, 0.2) is 6.20 Å². The van der Waals surface area contributed by atoms with Crippen molar-refractivity contribution < 1.29 is 0 Å². The number of nitrogens with one attached hydrogen (secondary N) is 1. The Labute approximate surface area is 98.2 Å². The van der Waals surface area contributed by atoms with Gasteiger partial charge in [-0.1, -0.05) is 32.6 Å². The molecule has 16 heavy (non-hydrogen) atoms. The fourth-order valence-electron chi connectivity index (χ4n) is 2.06. The topological polar surface area (TPSA) is 55.9 Å². The number of aromatic nitrogens is 2. The van der Waals surface area contributed by atoms with Gasteiger partial charge in [-0.3, -0.25) is 16.0 Å². The normalized spacial score (nSPS) is 13.0. The lowest BCUT2D eigenvalue weighted by atomic mass is 10.0. The van der Waals surface area contributed by atoms with E-state index in [2.05, 4.69) is 23.6 Å². The third-order valence-electron chi connectivity index (χ3n) is 2.97. The van der Waals surface area contributed by atoms with Gasteiger partial charge in [0, 0.05) is 24.8 Å². The predicted molar refractivity (Wildman–Crippen MR) is 66.8 cm³/mol. The summed E-state index contributed by atoms with van der Waals surface area (Å²) in [5, 5.41) is 4.35. The van der Waals surface area contributed by atoms with E-state index in [1.807, 2.05) is 18.7 Å². The fraction of sp³-hybridized carbons (Fsp3) is 0.750. The van der Waals surface area contributed by atoms with E-state index in [0.717, 1.165) is 12.1 Å². The van der Waals surface area contributed by atoms with Gasteiger partial charge < -0.3 is 0 Å². The van der Waals surface area contributed by atoms with Crippen LogP contribution in [-0.2, 0) is 7.05 Å². The van der Waals surface area contributed by atoms with Gasteiger partial charge in [0.2, 0.25) is 0 Å². The number of rotatable bonds is 7. The van der Waals surface area contributed by atoms with E-state index in [0.29, 0.717) is 0 Å². The Hall–Kier alpha value is -0.870. The molecular weight excluding hydrogens is 200 g/mol. The van der Waals surface area contributed by atoms with E-state index >= 15 is 0 Å². The highest BCUT2D eigenvalue weighted by Gasteiger charge is 2.14. The van der Waals surface area contributed by atoms with E-state index in [4.69, 9.17) is 5.84 Å². The van der Waals surface area contributed by atoms with Crippen molar-refractivity contribution in [3.63, 3.8) is 0 Å². The highest BCUT2D eigenvalue weighted by atomic mass is 15.3. The summed E-state index contributed by atoms with van der Waals surface area (Å²) >= 11 is 0. The average molecular weight is 224 g/mol. The number of unbranched alkanes of at least 4 members (excludes halogenated alkanes) is 3. The van der Waals surface area contributed by atoms with E-state index in [1.165, 1.54) is 31.2 Å². The first-order valence-corrected chi connectivity index (χ1v) is 6.15. The van der Waals surface area contributed by atoms with Gasteiger partial charge in [0.1, 0.15) is 0 Å². The summed E-state index contributed by atoms with van der Waals surface area (Å²) < 4.78 is 1.85. The molecule has 92 valence electrons. The molecule has 4 nitrogen and oxygen atoms in total. The average Bonchev–Trinajstić information content (AvgIpc) is 2.58. The SMILES string of the molecule is CCCCCCC(NN)c1cn(C)nc1C. The Morgan fingerprint density at radius 1 is 1.44 bits per heavy atom. The third-order valence-corrected chi connectivity index (χ3v) is 2.97. The van der Waals surface area contributed by atoms with Crippen LogP contribution in [0, 0.1) is 6.92 Å². The summed E-state index contributed by atoms with van der Waals surface area (Å²) in [5.41, 5.74) is 5.19. The largest absolute Gasteiger partial charge is 0.275 e. The number of nitrogens with zero attached hydrogens (tertiary/aromatic N) is 2. The van der Waals surface area contributed by atoms with Crippen LogP contribution >= 0.6 is 0 Å². The van der Waals surface area contributed by atoms with Crippen molar-refractivity contribution in [3.05, 3.63) is 17.5 Å². The van der Waals surface area contributed by atoms with E-state index in [9.17, 15) is 0 Å². The Balaban J connectivity index is 2.50. The Morgan fingerprint density at radius 3 is 2.69 bits per heavy atom. The summed E-state index contributed by atoms with van der Waals surface area (Å²) in [6.45, 7) is 4.26. The lowest BCUT2D eigenvalue weighted by Crippen LogP contribution is -2.28. The zero-order chi connectivity index (χ0) is 12.0. The fourth-order valence-corrected chi connectivity index (χ4v) is 2.06. The maximum Gasteiger partial charge on any atom is 0.0641 e. The molecule has 0 aromatic carbocycles. The van der Waals surface area contributed by atoms with Crippen LogP contribution in [0.1, 0.15) is 56.3 Å². The molecule has 0 saturated carbocycles. The highest BCUT2D eigenvalue weighted by Crippen LogP contribution is 2.21. The van der Waals surface area contributed by atoms with E-state index in [1.54, 1.807) is 0 Å². The molecule has 3 N–H and O–H groups in total. The van der Waals surface area contributed by atoms with Crippen molar-refractivity contribution in [2.45, 2.75) is 52.0 Å². The second-order valence-corrected chi connectivity index (χ2v) is 4.41. The quantitative estimate of drug-likeness (QED) is 0.424. The molecule has 1 aromatic heterocycles. The highest BCUT2D eigenvalue weighted by molar-refractivity contribution is 5.19. The molecule has 0 bridgehead atoms. The molecule has 0 radical (unpaired) electrons. The molecule has 4 heteroatoms. The van der Waals surface area contributed by atoms with E-state index in [-0.39, 0.29) is 6.04 Å². The number of hydrogen-bond acceptors (Lipinski definition) is 3. The second kappa shape index (κ2) is 6.66. The molecule has 1 unspecified atom stereocenters. The zero-order valence-electron chi connectivity index (χ0n) is 10.7. The van der Waals surface area contributed by atoms with Crippen LogP contribution in [0.5, 0.6) is 0 Å². The minimum absolute atomic E-state index is 0.241. The van der Waals surface area contributed by atoms with Crippen molar-refractivity contribution in [2.75, 3.05) is 0 Å². The molecule has 1 heterocycles. The molecule has 0 spiro atoms. The van der Waals surface area contributed by atoms with Gasteiger partial charge >= 0.3 is 0 Å². The summed E-state index contributed by atoms with van der Waals surface area (Å²) in [4.78, 5) is 0. The number of nitrogens with two attached hydrogens (primary N) is 1. The lowest BCUT2D eigenvalue weighted by molar-refractivity contribution is 0.480. The van der Waals surface area contributed by atoms with Crippen molar-refractivity contribution >= 4 is 0 Å². The monoisotopic (exact) mass is 224 g/mol. The number of aryl methyl sites for hydroxylation is 2. The minimum atomic E-state index is 0.241. The van der Waals surface area contributed by atoms with Crippen molar-refractivity contribution in [3.8, 4) is 0 Å². The van der Waals surface area contributed by atoms with Gasteiger partial charge in [0.25, 0.3) is 0 Å². The van der Waals surface area contributed by atoms with Crippen LogP contribution in [0.25, 0.3) is 0 Å². The third kappa shape index (κ3) is 3.61. The maximum absolute atomic E-state index is 5.61. The van der Waals surface area contributed by atoms with Gasteiger partial charge in [-0.2, -0.15) is 5.10 Å². The summed E-state index contributed by atoms with van der Waals surface area (Å²) in [6, 6.07) is 0.241. The van der Waals surface area contributed by atoms with Gasteiger partial charge in [-0.25, -0.2) is 0 Å². The molecule has 0 aliphatic rings. The number of hydrazine groups is 1. The van der Waals surface area contributed by atoms with Crippen molar-refractivity contribution in [1.82, 2.24) is 15.2 Å². The molecule has 0 fully saturated rings. The van der Waals surface area contributed by atoms with Crippen molar-refractivity contribution in [1.29, 1.82) is 0 Å². The summed E-state index contributed by atoms with van der Waals surface area (Å²) in [5.74, 6) is 5.61. The van der Waals surface area contributed by atoms with Crippen molar-refractivity contribution in [2.24, 2.45) is 12.9 Å². The smallest absolute Gasteiger partial charge is 0.0641 e. The van der Waals surface area contributed by atoms with Gasteiger partial charge in [-0.05, 0) is 13.3 Å². The van der Waals surface area contributed by atoms with Crippen LogP contribution in [0.4, 0.5) is 0 Å². The first-order chi connectivity index (χ1) is 7.69. The first kappa shape index (κ1) is 13.2. The summed E-state index contributed by atoms with van der Waals surface area (Å²) in [6.07, 6.45) is 8.23. The number of hydrogen-bond donors (Lipinski definition) is 2. The Kier molecular flexibility index (Phi) is 5.49. The predicted octanol–water partition coefficient (Wildman–Crippen LogP) is 2.20. The Bertz CT molecular complexity index is 306. The maximum atomic E-state index is 5.61. The van der Waals surface area contributed by atoms with Gasteiger partial charge in [0.15, 0.2) is 0 Å². The molecular formula is C12H24N4. The molecule has 0 amide bonds. The molecule has 1 aromatic rings.